The summed E-state index contributed by atoms with van der Waals surface area (Å²) in [6.07, 6.45) is 5.21. The lowest BCUT2D eigenvalue weighted by molar-refractivity contribution is -0.130. The van der Waals surface area contributed by atoms with E-state index in [0.717, 1.165) is 45.2 Å². The molecule has 2 aliphatic rings. The van der Waals surface area contributed by atoms with Crippen molar-refractivity contribution < 1.29 is 9.59 Å². The Morgan fingerprint density at radius 3 is 2.56 bits per heavy atom. The van der Waals surface area contributed by atoms with Crippen LogP contribution in [0.4, 0.5) is 0 Å². The highest BCUT2D eigenvalue weighted by atomic mass is 16.2. The van der Waals surface area contributed by atoms with Crippen molar-refractivity contribution >= 4 is 11.8 Å². The topological polar surface area (TPSA) is 52.7 Å². The molecule has 2 heterocycles. The van der Waals surface area contributed by atoms with Gasteiger partial charge in [0.25, 0.3) is 0 Å². The number of benzene rings is 1. The van der Waals surface area contributed by atoms with Crippen LogP contribution in [0.25, 0.3) is 0 Å². The molecule has 0 bridgehead atoms. The molecular formula is C20H29N3O2. The minimum atomic E-state index is 0.0928. The van der Waals surface area contributed by atoms with Gasteiger partial charge in [-0.05, 0) is 44.2 Å². The molecule has 2 saturated heterocycles. The summed E-state index contributed by atoms with van der Waals surface area (Å²) < 4.78 is 0. The summed E-state index contributed by atoms with van der Waals surface area (Å²) in [6.45, 7) is 4.60. The Kier molecular flexibility index (Phi) is 6.08. The first-order valence-electron chi connectivity index (χ1n) is 9.47. The molecule has 0 saturated carbocycles. The van der Waals surface area contributed by atoms with Crippen LogP contribution in [0.2, 0.25) is 0 Å². The van der Waals surface area contributed by atoms with Gasteiger partial charge < -0.3 is 10.2 Å². The van der Waals surface area contributed by atoms with Gasteiger partial charge >= 0.3 is 0 Å². The van der Waals surface area contributed by atoms with Crippen molar-refractivity contribution in [1.82, 2.24) is 15.1 Å². The lowest BCUT2D eigenvalue weighted by Crippen LogP contribution is -2.50. The van der Waals surface area contributed by atoms with Gasteiger partial charge in [-0.3, -0.25) is 14.5 Å². The molecule has 0 unspecified atom stereocenters. The Morgan fingerprint density at radius 2 is 1.80 bits per heavy atom. The molecule has 1 aromatic rings. The van der Waals surface area contributed by atoms with Crippen molar-refractivity contribution in [3.8, 4) is 0 Å². The molecule has 2 atom stereocenters. The average molecular weight is 343 g/mol. The van der Waals surface area contributed by atoms with Gasteiger partial charge in [0.15, 0.2) is 0 Å². The number of carbonyl (C=O) groups is 2. The van der Waals surface area contributed by atoms with E-state index in [1.165, 1.54) is 5.56 Å². The maximum atomic E-state index is 12.3. The standard InChI is InChI=1S/C20H29N3O2/c1-16(24)23-14-6-10-19(23)18-9-5-13-22(18)15-20(25)21-12-11-17-7-3-2-4-8-17/h2-4,7-8,18-19H,5-6,9-15H2,1H3,(H,21,25)/t18-,19-/m0/s1. The summed E-state index contributed by atoms with van der Waals surface area (Å²) >= 11 is 0. The molecule has 5 heteroatoms. The highest BCUT2D eigenvalue weighted by Gasteiger charge is 2.39. The van der Waals surface area contributed by atoms with E-state index in [2.05, 4.69) is 22.3 Å². The van der Waals surface area contributed by atoms with Crippen LogP contribution in [0, 0.1) is 0 Å². The smallest absolute Gasteiger partial charge is 0.234 e. The number of hydrogen-bond acceptors (Lipinski definition) is 3. The van der Waals surface area contributed by atoms with Crippen LogP contribution >= 0.6 is 0 Å². The summed E-state index contributed by atoms with van der Waals surface area (Å²) in [5.74, 6) is 0.261. The fourth-order valence-corrected chi connectivity index (χ4v) is 4.30. The maximum absolute atomic E-state index is 12.3. The quantitative estimate of drug-likeness (QED) is 0.857. The summed E-state index contributed by atoms with van der Waals surface area (Å²) in [6, 6.07) is 10.8. The molecule has 5 nitrogen and oxygen atoms in total. The molecule has 136 valence electrons. The molecule has 0 radical (unpaired) electrons. The zero-order valence-corrected chi connectivity index (χ0v) is 15.1. The van der Waals surface area contributed by atoms with Crippen molar-refractivity contribution in [3.05, 3.63) is 35.9 Å². The molecule has 0 aliphatic carbocycles. The Balaban J connectivity index is 1.47. The predicted octanol–water partition coefficient (Wildman–Crippen LogP) is 1.82. The Hall–Kier alpha value is -1.88. The third-order valence-corrected chi connectivity index (χ3v) is 5.49. The second-order valence-electron chi connectivity index (χ2n) is 7.19. The van der Waals surface area contributed by atoms with Crippen LogP contribution in [-0.4, -0.2) is 59.9 Å². The monoisotopic (exact) mass is 343 g/mol. The Labute approximate surface area is 150 Å². The first-order valence-corrected chi connectivity index (χ1v) is 9.47. The minimum Gasteiger partial charge on any atom is -0.355 e. The SMILES string of the molecule is CC(=O)N1CCC[C@H]1[C@@H]1CCCN1CC(=O)NCCc1ccccc1. The highest BCUT2D eigenvalue weighted by molar-refractivity contribution is 5.78. The summed E-state index contributed by atoms with van der Waals surface area (Å²) in [4.78, 5) is 28.5. The molecule has 1 aromatic carbocycles. The molecule has 25 heavy (non-hydrogen) atoms. The van der Waals surface area contributed by atoms with Gasteiger partial charge in [-0.25, -0.2) is 0 Å². The first-order chi connectivity index (χ1) is 12.1. The van der Waals surface area contributed by atoms with Crippen LogP contribution in [0.5, 0.6) is 0 Å². The fourth-order valence-electron chi connectivity index (χ4n) is 4.30. The molecule has 2 fully saturated rings. The number of rotatable bonds is 6. The van der Waals surface area contributed by atoms with E-state index in [4.69, 9.17) is 0 Å². The van der Waals surface area contributed by atoms with Gasteiger partial charge in [-0.15, -0.1) is 0 Å². The van der Waals surface area contributed by atoms with E-state index in [0.29, 0.717) is 19.1 Å². The molecule has 2 amide bonds. The summed E-state index contributed by atoms with van der Waals surface area (Å²) in [5, 5.41) is 3.04. The number of carbonyl (C=O) groups excluding carboxylic acids is 2. The van der Waals surface area contributed by atoms with Crippen molar-refractivity contribution in [3.63, 3.8) is 0 Å². The normalized spacial score (nSPS) is 23.8. The Morgan fingerprint density at radius 1 is 1.08 bits per heavy atom. The van der Waals surface area contributed by atoms with E-state index >= 15 is 0 Å². The second kappa shape index (κ2) is 8.48. The van der Waals surface area contributed by atoms with Gasteiger partial charge in [0.05, 0.1) is 6.54 Å². The lowest BCUT2D eigenvalue weighted by Gasteiger charge is -2.34. The van der Waals surface area contributed by atoms with E-state index in [1.807, 2.05) is 23.1 Å². The Bertz CT molecular complexity index is 590. The van der Waals surface area contributed by atoms with Crippen molar-refractivity contribution in [1.29, 1.82) is 0 Å². The zero-order chi connectivity index (χ0) is 17.6. The molecular weight excluding hydrogens is 314 g/mol. The minimum absolute atomic E-state index is 0.0928. The largest absolute Gasteiger partial charge is 0.355 e. The molecule has 1 N–H and O–H groups in total. The summed E-state index contributed by atoms with van der Waals surface area (Å²) in [5.41, 5.74) is 1.24. The predicted molar refractivity (Wildman–Crippen MR) is 98.2 cm³/mol. The van der Waals surface area contributed by atoms with E-state index in [-0.39, 0.29) is 17.9 Å². The van der Waals surface area contributed by atoms with Crippen LogP contribution in [0.15, 0.2) is 30.3 Å². The number of hydrogen-bond donors (Lipinski definition) is 1. The van der Waals surface area contributed by atoms with Crippen LogP contribution in [-0.2, 0) is 16.0 Å². The van der Waals surface area contributed by atoms with Gasteiger partial charge in [0.1, 0.15) is 0 Å². The third kappa shape index (κ3) is 4.60. The fraction of sp³-hybridized carbons (Fsp3) is 0.600. The van der Waals surface area contributed by atoms with Crippen molar-refractivity contribution in [2.45, 2.75) is 51.1 Å². The van der Waals surface area contributed by atoms with Gasteiger partial charge in [-0.1, -0.05) is 30.3 Å². The van der Waals surface area contributed by atoms with Crippen molar-refractivity contribution in [2.24, 2.45) is 0 Å². The van der Waals surface area contributed by atoms with Gasteiger partial charge in [0, 0.05) is 32.1 Å². The molecule has 0 aromatic heterocycles. The lowest BCUT2D eigenvalue weighted by atomic mass is 10.0. The maximum Gasteiger partial charge on any atom is 0.234 e. The number of likely N-dealkylation sites (tertiary alicyclic amines) is 2. The number of nitrogens with one attached hydrogen (secondary N) is 1. The van der Waals surface area contributed by atoms with E-state index in [1.54, 1.807) is 6.92 Å². The van der Waals surface area contributed by atoms with Crippen LogP contribution in [0.1, 0.15) is 38.2 Å². The van der Waals surface area contributed by atoms with E-state index < -0.39 is 0 Å². The molecule has 0 spiro atoms. The molecule has 3 rings (SSSR count). The number of amides is 2. The number of nitrogens with zero attached hydrogens (tertiary/aromatic N) is 2. The third-order valence-electron chi connectivity index (χ3n) is 5.49. The highest BCUT2D eigenvalue weighted by Crippen LogP contribution is 2.29. The van der Waals surface area contributed by atoms with E-state index in [9.17, 15) is 9.59 Å². The summed E-state index contributed by atoms with van der Waals surface area (Å²) in [7, 11) is 0. The molecule has 2 aliphatic heterocycles. The second-order valence-corrected chi connectivity index (χ2v) is 7.19. The first kappa shape index (κ1) is 17.9. The van der Waals surface area contributed by atoms with Gasteiger partial charge in [-0.2, -0.15) is 0 Å². The van der Waals surface area contributed by atoms with Crippen molar-refractivity contribution in [2.75, 3.05) is 26.2 Å². The van der Waals surface area contributed by atoms with Crippen LogP contribution in [0.3, 0.4) is 0 Å². The average Bonchev–Trinajstić information content (AvgIpc) is 3.24. The zero-order valence-electron chi connectivity index (χ0n) is 15.1. The van der Waals surface area contributed by atoms with Gasteiger partial charge in [0.2, 0.25) is 11.8 Å². The van der Waals surface area contributed by atoms with Crippen LogP contribution < -0.4 is 5.32 Å².